The molecule has 0 spiro atoms. The lowest BCUT2D eigenvalue weighted by atomic mass is 10.2. The summed E-state index contributed by atoms with van der Waals surface area (Å²) in [6.45, 7) is 4.57. The summed E-state index contributed by atoms with van der Waals surface area (Å²) in [5.41, 5.74) is 8.19. The number of thiophene rings is 1. The first-order valence-electron chi connectivity index (χ1n) is 6.45. The number of hydrogen-bond acceptors (Lipinski definition) is 3. The first-order chi connectivity index (χ1) is 9.54. The lowest BCUT2D eigenvalue weighted by molar-refractivity contribution is 0.0991. The van der Waals surface area contributed by atoms with Crippen molar-refractivity contribution >= 4 is 40.2 Å². The van der Waals surface area contributed by atoms with Crippen LogP contribution in [0.5, 0.6) is 0 Å². The maximum Gasteiger partial charge on any atom is 0.269 e. The zero-order valence-corrected chi connectivity index (χ0v) is 13.1. The van der Waals surface area contributed by atoms with Crippen molar-refractivity contribution in [3.63, 3.8) is 0 Å². The molecule has 0 atom stereocenters. The van der Waals surface area contributed by atoms with Crippen molar-refractivity contribution in [1.29, 1.82) is 0 Å². The number of hydrogen-bond donors (Lipinski definition) is 1. The van der Waals surface area contributed by atoms with Gasteiger partial charge in [-0.3, -0.25) is 4.79 Å². The summed E-state index contributed by atoms with van der Waals surface area (Å²) in [5, 5.41) is 2.45. The van der Waals surface area contributed by atoms with E-state index in [0.29, 0.717) is 22.1 Å². The Morgan fingerprint density at radius 1 is 1.45 bits per heavy atom. The second kappa shape index (κ2) is 6.29. The molecule has 2 aromatic rings. The Balaban J connectivity index is 2.38. The van der Waals surface area contributed by atoms with E-state index in [-0.39, 0.29) is 5.91 Å². The van der Waals surface area contributed by atoms with E-state index in [1.54, 1.807) is 11.0 Å². The highest BCUT2D eigenvalue weighted by molar-refractivity contribution is 7.13. The van der Waals surface area contributed by atoms with E-state index in [1.807, 2.05) is 37.4 Å². The van der Waals surface area contributed by atoms with Crippen molar-refractivity contribution in [3.05, 3.63) is 45.1 Å². The van der Waals surface area contributed by atoms with Crippen LogP contribution in [0, 0.1) is 6.92 Å². The maximum atomic E-state index is 12.7. The minimum absolute atomic E-state index is 0.0689. The molecule has 1 aromatic carbocycles. The molecule has 0 aliphatic heterocycles. The zero-order chi connectivity index (χ0) is 14.7. The number of nitrogens with zero attached hydrogens (tertiary/aromatic N) is 1. The molecule has 0 fully saturated rings. The third-order valence-electron chi connectivity index (χ3n) is 2.97. The minimum atomic E-state index is -0.0689. The fourth-order valence-corrected chi connectivity index (χ4v) is 3.18. The highest BCUT2D eigenvalue weighted by Crippen LogP contribution is 2.30. The molecule has 0 saturated carbocycles. The minimum Gasteiger partial charge on any atom is -0.399 e. The number of halogens is 1. The van der Waals surface area contributed by atoms with Crippen molar-refractivity contribution in [2.24, 2.45) is 0 Å². The molecule has 2 rings (SSSR count). The largest absolute Gasteiger partial charge is 0.399 e. The number of carbonyl (C=O) groups is 1. The van der Waals surface area contributed by atoms with Gasteiger partial charge in [-0.1, -0.05) is 24.6 Å². The van der Waals surface area contributed by atoms with Gasteiger partial charge in [0.25, 0.3) is 5.91 Å². The van der Waals surface area contributed by atoms with Gasteiger partial charge in [0, 0.05) is 17.9 Å². The van der Waals surface area contributed by atoms with E-state index in [2.05, 4.69) is 0 Å². The maximum absolute atomic E-state index is 12.7. The first kappa shape index (κ1) is 14.9. The molecule has 1 heterocycles. The van der Waals surface area contributed by atoms with E-state index in [0.717, 1.165) is 17.7 Å². The molecule has 20 heavy (non-hydrogen) atoms. The number of aryl methyl sites for hydroxylation is 1. The summed E-state index contributed by atoms with van der Waals surface area (Å²) in [4.78, 5) is 15.0. The van der Waals surface area contributed by atoms with Crippen molar-refractivity contribution < 1.29 is 4.79 Å². The van der Waals surface area contributed by atoms with Gasteiger partial charge in [-0.15, -0.1) is 11.3 Å². The molecule has 0 unspecified atom stereocenters. The summed E-state index contributed by atoms with van der Waals surface area (Å²) in [5.74, 6) is -0.0689. The molecule has 1 amide bonds. The Labute approximate surface area is 128 Å². The second-order valence-electron chi connectivity index (χ2n) is 4.61. The number of benzene rings is 1. The molecule has 1 aromatic heterocycles. The van der Waals surface area contributed by atoms with Crippen molar-refractivity contribution in [3.8, 4) is 0 Å². The predicted molar refractivity (Wildman–Crippen MR) is 86.9 cm³/mol. The van der Waals surface area contributed by atoms with Crippen LogP contribution >= 0.6 is 22.9 Å². The molecule has 0 radical (unpaired) electrons. The number of rotatable bonds is 4. The average molecular weight is 309 g/mol. The van der Waals surface area contributed by atoms with E-state index in [9.17, 15) is 4.79 Å². The predicted octanol–water partition coefficient (Wildman–Crippen LogP) is 4.35. The Morgan fingerprint density at radius 3 is 2.75 bits per heavy atom. The Kier molecular flexibility index (Phi) is 4.68. The van der Waals surface area contributed by atoms with Gasteiger partial charge in [0.1, 0.15) is 4.88 Å². The number of nitrogen functional groups attached to an aromatic ring is 1. The summed E-state index contributed by atoms with van der Waals surface area (Å²) in [7, 11) is 0. The molecule has 0 aliphatic rings. The van der Waals surface area contributed by atoms with Crippen LogP contribution < -0.4 is 10.6 Å². The number of amides is 1. The smallest absolute Gasteiger partial charge is 0.269 e. The van der Waals surface area contributed by atoms with Crippen LogP contribution in [0.1, 0.15) is 28.6 Å². The van der Waals surface area contributed by atoms with E-state index >= 15 is 0 Å². The van der Waals surface area contributed by atoms with Gasteiger partial charge in [0.15, 0.2) is 0 Å². The fraction of sp³-hybridized carbons (Fsp3) is 0.267. The van der Waals surface area contributed by atoms with E-state index in [4.69, 9.17) is 17.3 Å². The Morgan fingerprint density at radius 2 is 2.20 bits per heavy atom. The molecule has 0 saturated heterocycles. The first-order valence-corrected chi connectivity index (χ1v) is 7.71. The van der Waals surface area contributed by atoms with Gasteiger partial charge < -0.3 is 10.6 Å². The zero-order valence-electron chi connectivity index (χ0n) is 11.5. The SMILES string of the molecule is CCCN(C(=O)c1scc(C)c1Cl)c1cccc(N)c1. The quantitative estimate of drug-likeness (QED) is 0.854. The summed E-state index contributed by atoms with van der Waals surface area (Å²) >= 11 is 7.59. The lowest BCUT2D eigenvalue weighted by Crippen LogP contribution is -2.31. The normalized spacial score (nSPS) is 10.6. The van der Waals surface area contributed by atoms with Crippen LogP contribution in [0.25, 0.3) is 0 Å². The van der Waals surface area contributed by atoms with Gasteiger partial charge >= 0.3 is 0 Å². The van der Waals surface area contributed by atoms with E-state index < -0.39 is 0 Å². The topological polar surface area (TPSA) is 46.3 Å². The van der Waals surface area contributed by atoms with Crippen molar-refractivity contribution in [1.82, 2.24) is 0 Å². The third-order valence-corrected chi connectivity index (χ3v) is 4.65. The molecule has 3 nitrogen and oxygen atoms in total. The van der Waals surface area contributed by atoms with Gasteiger partial charge in [-0.2, -0.15) is 0 Å². The van der Waals surface area contributed by atoms with Crippen molar-refractivity contribution in [2.45, 2.75) is 20.3 Å². The summed E-state index contributed by atoms with van der Waals surface area (Å²) in [6, 6.07) is 7.35. The van der Waals surface area contributed by atoms with Crippen LogP contribution in [0.3, 0.4) is 0 Å². The van der Waals surface area contributed by atoms with Gasteiger partial charge in [0.05, 0.1) is 5.02 Å². The number of carbonyl (C=O) groups excluding carboxylic acids is 1. The molecule has 106 valence electrons. The monoisotopic (exact) mass is 308 g/mol. The van der Waals surface area contributed by atoms with Crippen LogP contribution in [-0.2, 0) is 0 Å². The van der Waals surface area contributed by atoms with E-state index in [1.165, 1.54) is 11.3 Å². The number of nitrogens with two attached hydrogens (primary N) is 1. The third kappa shape index (κ3) is 2.97. The molecular weight excluding hydrogens is 292 g/mol. The number of anilines is 2. The van der Waals surface area contributed by atoms with Crippen LogP contribution in [-0.4, -0.2) is 12.5 Å². The van der Waals surface area contributed by atoms with Gasteiger partial charge in [0.2, 0.25) is 0 Å². The lowest BCUT2D eigenvalue weighted by Gasteiger charge is -2.22. The molecule has 5 heteroatoms. The van der Waals surface area contributed by atoms with Crippen molar-refractivity contribution in [2.75, 3.05) is 17.2 Å². The molecule has 2 N–H and O–H groups in total. The standard InChI is InChI=1S/C15H17ClN2OS/c1-3-7-18(12-6-4-5-11(17)8-12)15(19)14-13(16)10(2)9-20-14/h4-6,8-9H,3,7,17H2,1-2H3. The van der Waals surface area contributed by atoms with Crippen LogP contribution in [0.4, 0.5) is 11.4 Å². The average Bonchev–Trinajstić information content (AvgIpc) is 2.76. The van der Waals surface area contributed by atoms with Gasteiger partial charge in [-0.05, 0) is 42.5 Å². The van der Waals surface area contributed by atoms with Crippen LogP contribution in [0.2, 0.25) is 5.02 Å². The molecular formula is C15H17ClN2OS. The fourth-order valence-electron chi connectivity index (χ4n) is 1.96. The Bertz CT molecular complexity index is 624. The van der Waals surface area contributed by atoms with Gasteiger partial charge in [-0.25, -0.2) is 0 Å². The van der Waals surface area contributed by atoms with Crippen LogP contribution in [0.15, 0.2) is 29.6 Å². The molecule has 0 aliphatic carbocycles. The highest BCUT2D eigenvalue weighted by Gasteiger charge is 2.22. The second-order valence-corrected chi connectivity index (χ2v) is 5.87. The Hall–Kier alpha value is -1.52. The highest BCUT2D eigenvalue weighted by atomic mass is 35.5. The summed E-state index contributed by atoms with van der Waals surface area (Å²) < 4.78 is 0. The summed E-state index contributed by atoms with van der Waals surface area (Å²) in [6.07, 6.45) is 0.864. The molecule has 0 bridgehead atoms.